The van der Waals surface area contributed by atoms with Gasteiger partial charge in [-0.25, -0.2) is 0 Å². The third kappa shape index (κ3) is 3.38. The average molecular weight is 228 g/mol. The number of morpholine rings is 1. The molecule has 15 heavy (non-hydrogen) atoms. The van der Waals surface area contributed by atoms with Crippen LogP contribution in [0.2, 0.25) is 5.02 Å². The maximum Gasteiger partial charge on any atom is 0.120 e. The fourth-order valence-electron chi connectivity index (χ4n) is 1.47. The van der Waals surface area contributed by atoms with Crippen molar-refractivity contribution in [3.63, 3.8) is 0 Å². The average Bonchev–Trinajstić information content (AvgIpc) is 2.28. The maximum atomic E-state index is 5.84. The molecule has 0 aliphatic carbocycles. The highest BCUT2D eigenvalue weighted by Gasteiger charge is 2.13. The molecule has 1 aliphatic rings. The summed E-state index contributed by atoms with van der Waals surface area (Å²) >= 11 is 5.84. The standard InChI is InChI=1S/C11H14ClNO2/c12-9-2-1-3-10(6-9)15-8-11-7-13-4-5-14-11/h1-3,6,11,13H,4-5,7-8H2. The van der Waals surface area contributed by atoms with Gasteiger partial charge in [0.1, 0.15) is 18.5 Å². The van der Waals surface area contributed by atoms with Crippen molar-refractivity contribution in [1.29, 1.82) is 0 Å². The summed E-state index contributed by atoms with van der Waals surface area (Å²) in [4.78, 5) is 0. The largest absolute Gasteiger partial charge is 0.491 e. The molecule has 0 amide bonds. The Balaban J connectivity index is 1.81. The van der Waals surface area contributed by atoms with Crippen LogP contribution < -0.4 is 10.1 Å². The van der Waals surface area contributed by atoms with Crippen LogP contribution in [0.5, 0.6) is 5.75 Å². The van der Waals surface area contributed by atoms with Crippen LogP contribution in [0.3, 0.4) is 0 Å². The first-order valence-corrected chi connectivity index (χ1v) is 5.43. The van der Waals surface area contributed by atoms with Crippen LogP contribution in [0.1, 0.15) is 0 Å². The van der Waals surface area contributed by atoms with Crippen LogP contribution in [-0.4, -0.2) is 32.4 Å². The van der Waals surface area contributed by atoms with Crippen molar-refractivity contribution in [3.05, 3.63) is 29.3 Å². The molecule has 0 spiro atoms. The Morgan fingerprint density at radius 1 is 1.53 bits per heavy atom. The molecule has 1 fully saturated rings. The highest BCUT2D eigenvalue weighted by Crippen LogP contribution is 2.17. The minimum atomic E-state index is 0.137. The van der Waals surface area contributed by atoms with Crippen molar-refractivity contribution in [2.45, 2.75) is 6.10 Å². The molecule has 3 nitrogen and oxygen atoms in total. The van der Waals surface area contributed by atoms with Crippen LogP contribution in [0.25, 0.3) is 0 Å². The van der Waals surface area contributed by atoms with Crippen molar-refractivity contribution in [3.8, 4) is 5.75 Å². The van der Waals surface area contributed by atoms with Crippen molar-refractivity contribution in [2.24, 2.45) is 0 Å². The van der Waals surface area contributed by atoms with Crippen molar-refractivity contribution < 1.29 is 9.47 Å². The lowest BCUT2D eigenvalue weighted by Gasteiger charge is -2.23. The molecule has 1 saturated heterocycles. The number of rotatable bonds is 3. The summed E-state index contributed by atoms with van der Waals surface area (Å²) in [6.07, 6.45) is 0.137. The Hall–Kier alpha value is -0.770. The molecule has 0 radical (unpaired) electrons. The zero-order chi connectivity index (χ0) is 10.5. The van der Waals surface area contributed by atoms with Gasteiger partial charge < -0.3 is 14.8 Å². The molecule has 0 saturated carbocycles. The fraction of sp³-hybridized carbons (Fsp3) is 0.455. The lowest BCUT2D eigenvalue weighted by Crippen LogP contribution is -2.41. The number of halogens is 1. The van der Waals surface area contributed by atoms with Gasteiger partial charge in [-0.05, 0) is 18.2 Å². The Kier molecular flexibility index (Phi) is 3.83. The van der Waals surface area contributed by atoms with Crippen LogP contribution in [0.4, 0.5) is 0 Å². The van der Waals surface area contributed by atoms with Gasteiger partial charge in [0.25, 0.3) is 0 Å². The lowest BCUT2D eigenvalue weighted by molar-refractivity contribution is 0.000197. The number of ether oxygens (including phenoxy) is 2. The van der Waals surface area contributed by atoms with Gasteiger partial charge in [0, 0.05) is 18.1 Å². The predicted molar refractivity (Wildman–Crippen MR) is 59.6 cm³/mol. The predicted octanol–water partition coefficient (Wildman–Crippen LogP) is 1.71. The minimum Gasteiger partial charge on any atom is -0.491 e. The first-order valence-electron chi connectivity index (χ1n) is 5.05. The molecule has 82 valence electrons. The molecular formula is C11H14ClNO2. The summed E-state index contributed by atoms with van der Waals surface area (Å²) in [6.45, 7) is 3.09. The summed E-state index contributed by atoms with van der Waals surface area (Å²) in [6, 6.07) is 7.39. The third-order valence-electron chi connectivity index (χ3n) is 2.24. The zero-order valence-electron chi connectivity index (χ0n) is 8.41. The van der Waals surface area contributed by atoms with E-state index in [-0.39, 0.29) is 6.10 Å². The normalized spacial score (nSPS) is 21.3. The van der Waals surface area contributed by atoms with Gasteiger partial charge in [-0.2, -0.15) is 0 Å². The molecule has 1 N–H and O–H groups in total. The summed E-state index contributed by atoms with van der Waals surface area (Å²) < 4.78 is 11.1. The smallest absolute Gasteiger partial charge is 0.120 e. The Bertz CT molecular complexity index is 313. The molecule has 2 rings (SSSR count). The Morgan fingerprint density at radius 2 is 2.47 bits per heavy atom. The van der Waals surface area contributed by atoms with Gasteiger partial charge in [0.15, 0.2) is 0 Å². The summed E-state index contributed by atoms with van der Waals surface area (Å²) in [7, 11) is 0. The van der Waals surface area contributed by atoms with Gasteiger partial charge in [-0.3, -0.25) is 0 Å². The van der Waals surface area contributed by atoms with Crippen LogP contribution >= 0.6 is 11.6 Å². The molecule has 1 heterocycles. The number of benzene rings is 1. The SMILES string of the molecule is Clc1cccc(OCC2CNCCO2)c1. The Morgan fingerprint density at radius 3 is 3.20 bits per heavy atom. The second kappa shape index (κ2) is 5.35. The summed E-state index contributed by atoms with van der Waals surface area (Å²) in [5.41, 5.74) is 0. The Labute approximate surface area is 94.3 Å². The molecule has 0 bridgehead atoms. The van der Waals surface area contributed by atoms with E-state index in [1.807, 2.05) is 18.2 Å². The number of nitrogens with one attached hydrogen (secondary N) is 1. The molecule has 1 atom stereocenters. The van der Waals surface area contributed by atoms with E-state index < -0.39 is 0 Å². The van der Waals surface area contributed by atoms with E-state index in [9.17, 15) is 0 Å². The highest BCUT2D eigenvalue weighted by atomic mass is 35.5. The monoisotopic (exact) mass is 227 g/mol. The van der Waals surface area contributed by atoms with Gasteiger partial charge in [-0.1, -0.05) is 17.7 Å². The third-order valence-corrected chi connectivity index (χ3v) is 2.47. The number of hydrogen-bond donors (Lipinski definition) is 1. The van der Waals surface area contributed by atoms with Gasteiger partial charge in [0.2, 0.25) is 0 Å². The zero-order valence-corrected chi connectivity index (χ0v) is 9.17. The first-order chi connectivity index (χ1) is 7.34. The summed E-state index contributed by atoms with van der Waals surface area (Å²) in [5.74, 6) is 0.789. The molecule has 1 aromatic carbocycles. The molecule has 1 aliphatic heterocycles. The maximum absolute atomic E-state index is 5.84. The van der Waals surface area contributed by atoms with Crippen LogP contribution in [0.15, 0.2) is 24.3 Å². The van der Waals surface area contributed by atoms with E-state index in [0.29, 0.717) is 11.6 Å². The first kappa shape index (κ1) is 10.7. The topological polar surface area (TPSA) is 30.5 Å². The molecule has 0 aromatic heterocycles. The van der Waals surface area contributed by atoms with E-state index in [1.165, 1.54) is 0 Å². The summed E-state index contributed by atoms with van der Waals surface area (Å²) in [5, 5.41) is 3.94. The quantitative estimate of drug-likeness (QED) is 0.853. The van der Waals surface area contributed by atoms with Gasteiger partial charge in [0.05, 0.1) is 6.61 Å². The second-order valence-electron chi connectivity index (χ2n) is 3.47. The van der Waals surface area contributed by atoms with E-state index in [4.69, 9.17) is 21.1 Å². The van der Waals surface area contributed by atoms with E-state index >= 15 is 0 Å². The van der Waals surface area contributed by atoms with Crippen molar-refractivity contribution in [1.82, 2.24) is 5.32 Å². The van der Waals surface area contributed by atoms with Gasteiger partial charge in [-0.15, -0.1) is 0 Å². The second-order valence-corrected chi connectivity index (χ2v) is 3.90. The molecular weight excluding hydrogens is 214 g/mol. The van der Waals surface area contributed by atoms with Crippen LogP contribution in [0, 0.1) is 0 Å². The molecule has 1 aromatic rings. The van der Waals surface area contributed by atoms with E-state index in [2.05, 4.69) is 5.32 Å². The van der Waals surface area contributed by atoms with E-state index in [1.54, 1.807) is 6.07 Å². The fourth-order valence-corrected chi connectivity index (χ4v) is 1.65. The van der Waals surface area contributed by atoms with Crippen molar-refractivity contribution >= 4 is 11.6 Å². The van der Waals surface area contributed by atoms with Crippen molar-refractivity contribution in [2.75, 3.05) is 26.3 Å². The molecule has 4 heteroatoms. The van der Waals surface area contributed by atoms with E-state index in [0.717, 1.165) is 25.4 Å². The minimum absolute atomic E-state index is 0.137. The van der Waals surface area contributed by atoms with Gasteiger partial charge >= 0.3 is 0 Å². The highest BCUT2D eigenvalue weighted by molar-refractivity contribution is 6.30. The molecule has 1 unspecified atom stereocenters. The lowest BCUT2D eigenvalue weighted by atomic mass is 10.3. The van der Waals surface area contributed by atoms with Crippen LogP contribution in [-0.2, 0) is 4.74 Å². The number of hydrogen-bond acceptors (Lipinski definition) is 3.